The lowest BCUT2D eigenvalue weighted by Gasteiger charge is -2.51. The Hall–Kier alpha value is -2.83. The average molecular weight is 797 g/mol. The number of carbonyl (C=O) groups excluding carboxylic acids is 1. The van der Waals surface area contributed by atoms with Gasteiger partial charge >= 0.3 is 0 Å². The highest BCUT2D eigenvalue weighted by Crippen LogP contribution is 2.44. The van der Waals surface area contributed by atoms with Gasteiger partial charge in [0.25, 0.3) is 10.0 Å². The smallest absolute Gasteiger partial charge is 0.250 e. The van der Waals surface area contributed by atoms with Gasteiger partial charge in [-0.25, -0.2) is 17.8 Å². The number of nitrogens with zero attached hydrogens (tertiary/aromatic N) is 4. The van der Waals surface area contributed by atoms with Crippen LogP contribution in [-0.2, 0) is 21.4 Å². The number of hydrogen-bond acceptors (Lipinski definition) is 6. The van der Waals surface area contributed by atoms with E-state index in [1.165, 1.54) is 49.5 Å². The monoisotopic (exact) mass is 795 g/mol. The van der Waals surface area contributed by atoms with E-state index in [4.69, 9.17) is 16.6 Å². The Balaban J connectivity index is 1.12. The molecule has 1 N–H and O–H groups in total. The number of fused-ring (bicyclic) bond motifs is 1. The molecule has 2 saturated carbocycles. The minimum absolute atomic E-state index is 0.103. The van der Waals surface area contributed by atoms with Crippen molar-refractivity contribution in [3.05, 3.63) is 71.5 Å². The lowest BCUT2D eigenvalue weighted by Crippen LogP contribution is -2.54. The highest BCUT2D eigenvalue weighted by Gasteiger charge is 2.43. The van der Waals surface area contributed by atoms with E-state index >= 15 is 4.39 Å². The fourth-order valence-electron chi connectivity index (χ4n) is 9.65. The highest BCUT2D eigenvalue weighted by atomic mass is 35.5. The largest absolute Gasteiger partial charge is 0.308 e. The lowest BCUT2D eigenvalue weighted by molar-refractivity contribution is -0.118. The van der Waals surface area contributed by atoms with Crippen LogP contribution in [0.2, 0.25) is 5.02 Å². The van der Waals surface area contributed by atoms with E-state index in [2.05, 4.69) is 51.2 Å². The Morgan fingerprint density at radius 3 is 2.24 bits per heavy atom. The predicted molar refractivity (Wildman–Crippen MR) is 217 cm³/mol. The first-order valence-corrected chi connectivity index (χ1v) is 22.5. The first kappa shape index (κ1) is 39.4. The molecule has 3 heterocycles. The number of halogens is 2. The number of nitrogens with one attached hydrogen (secondary N) is 1. The Morgan fingerprint density at radius 1 is 0.944 bits per heavy atom. The number of hydrogen-bond donors (Lipinski definition) is 1. The van der Waals surface area contributed by atoms with Gasteiger partial charge in [0.1, 0.15) is 21.9 Å². The summed E-state index contributed by atoms with van der Waals surface area (Å²) in [6.45, 7) is 15.2. The van der Waals surface area contributed by atoms with Crippen LogP contribution in [0.25, 0.3) is 15.8 Å². The van der Waals surface area contributed by atoms with Crippen LogP contribution in [-0.4, -0.2) is 53.4 Å². The van der Waals surface area contributed by atoms with Gasteiger partial charge in [0.05, 0.1) is 12.2 Å². The van der Waals surface area contributed by atoms with Crippen LogP contribution < -0.4 is 9.62 Å². The number of benzene rings is 2. The van der Waals surface area contributed by atoms with Crippen molar-refractivity contribution in [1.82, 2.24) is 19.2 Å². The third-order valence-corrected chi connectivity index (χ3v) is 15.9. The predicted octanol–water partition coefficient (Wildman–Crippen LogP) is 9.69. The first-order chi connectivity index (χ1) is 25.7. The molecule has 7 atom stereocenters. The molecule has 4 aromatic rings. The van der Waals surface area contributed by atoms with E-state index in [-0.39, 0.29) is 22.9 Å². The molecule has 12 heteroatoms. The minimum atomic E-state index is -3.99. The molecule has 8 nitrogen and oxygen atoms in total. The van der Waals surface area contributed by atoms with Gasteiger partial charge in [-0.2, -0.15) is 4.72 Å². The Labute approximate surface area is 329 Å². The van der Waals surface area contributed by atoms with Gasteiger partial charge < -0.3 is 9.47 Å². The molecule has 0 spiro atoms. The zero-order chi connectivity index (χ0) is 38.5. The molecule has 1 aliphatic heterocycles. The van der Waals surface area contributed by atoms with E-state index in [1.807, 2.05) is 16.8 Å². The van der Waals surface area contributed by atoms with Crippen LogP contribution in [0.4, 0.5) is 10.1 Å². The van der Waals surface area contributed by atoms with Crippen molar-refractivity contribution in [3.63, 3.8) is 0 Å². The summed E-state index contributed by atoms with van der Waals surface area (Å²) in [7, 11) is -3.99. The number of thiophene rings is 1. The summed E-state index contributed by atoms with van der Waals surface area (Å²) in [4.78, 5) is 22.6. The third-order valence-electron chi connectivity index (χ3n) is 12.6. The van der Waals surface area contributed by atoms with E-state index in [0.717, 1.165) is 27.2 Å². The number of rotatable bonds is 11. The topological polar surface area (TPSA) is 87.5 Å². The number of imidazole rings is 1. The Morgan fingerprint density at radius 2 is 1.61 bits per heavy atom. The summed E-state index contributed by atoms with van der Waals surface area (Å²) in [6, 6.07) is 11.6. The zero-order valence-electron chi connectivity index (χ0n) is 32.3. The minimum Gasteiger partial charge on any atom is -0.308 e. The van der Waals surface area contributed by atoms with Gasteiger partial charge in [-0.15, -0.1) is 11.3 Å². The number of carbonyl (C=O) groups is 1. The maximum absolute atomic E-state index is 16.1. The molecule has 292 valence electrons. The molecule has 3 aliphatic rings. The van der Waals surface area contributed by atoms with Crippen LogP contribution in [0, 0.1) is 41.3 Å². The summed E-state index contributed by atoms with van der Waals surface area (Å²) in [5, 5.41) is 1.27. The molecule has 0 radical (unpaired) electrons. The standard InChI is InChI=1S/C42H55ClFN5O3S2/c1-25(2)32-12-7-27(5)19-37(32)49(38-20-28(6)8-13-33(38)26(3)4)24-40-45-16-18-47(40)31-11-14-36(34(44)23-31)48-17-15-35(42(48)50)46-54(51,52)41-21-29-9-10-30(43)22-39(29)53-41/h9-11,14,16,18,21-23,25-28,32-33,35,37-38,46H,7-8,12-13,15,17,19-20,24H2,1-6H3/t27?,28?,32?,33?,35-,37?,38?/m0/s1. The molecule has 6 unspecified atom stereocenters. The summed E-state index contributed by atoms with van der Waals surface area (Å²) >= 11 is 7.20. The van der Waals surface area contributed by atoms with Gasteiger partial charge in [-0.3, -0.25) is 9.69 Å². The SMILES string of the molecule is CC1CCC(C(C)C)C(N(Cc2nccn2-c2ccc(N3CC[C@H](NS(=O)(=O)c4cc5ccc(Cl)cc5s4)C3=O)c(F)c2)C2CC(C)CCC2C(C)C)C1. The van der Waals surface area contributed by atoms with Gasteiger partial charge in [0.2, 0.25) is 5.91 Å². The quantitative estimate of drug-likeness (QED) is 0.163. The van der Waals surface area contributed by atoms with Gasteiger partial charge in [-0.1, -0.05) is 72.1 Å². The van der Waals surface area contributed by atoms with Gasteiger partial charge in [0, 0.05) is 52.5 Å². The van der Waals surface area contributed by atoms with E-state index in [9.17, 15) is 13.2 Å². The van der Waals surface area contributed by atoms with Crippen molar-refractivity contribution in [2.24, 2.45) is 35.5 Å². The Bertz CT molecular complexity index is 2050. The fraction of sp³-hybridized carbons (Fsp3) is 0.571. The molecule has 2 aromatic heterocycles. The molecule has 2 aliphatic carbocycles. The van der Waals surface area contributed by atoms with Gasteiger partial charge in [0.15, 0.2) is 0 Å². The van der Waals surface area contributed by atoms with E-state index < -0.39 is 27.8 Å². The molecule has 1 amide bonds. The van der Waals surface area contributed by atoms with Crippen molar-refractivity contribution in [1.29, 1.82) is 0 Å². The zero-order valence-corrected chi connectivity index (χ0v) is 34.7. The number of aromatic nitrogens is 2. The molecule has 1 saturated heterocycles. The summed E-state index contributed by atoms with van der Waals surface area (Å²) in [6.07, 6.45) is 11.3. The van der Waals surface area contributed by atoms with Crippen molar-refractivity contribution in [2.75, 3.05) is 11.4 Å². The molecular formula is C42H55ClFN5O3S2. The molecule has 3 fully saturated rings. The maximum Gasteiger partial charge on any atom is 0.250 e. The van der Waals surface area contributed by atoms with Crippen LogP contribution in [0.3, 0.4) is 0 Å². The first-order valence-electron chi connectivity index (χ1n) is 19.8. The summed E-state index contributed by atoms with van der Waals surface area (Å²) in [5.74, 6) is 3.62. The van der Waals surface area contributed by atoms with E-state index in [0.29, 0.717) is 64.8 Å². The highest BCUT2D eigenvalue weighted by molar-refractivity contribution is 7.91. The van der Waals surface area contributed by atoms with Crippen LogP contribution in [0.1, 0.15) is 92.3 Å². The number of anilines is 1. The van der Waals surface area contributed by atoms with Crippen LogP contribution in [0.5, 0.6) is 0 Å². The summed E-state index contributed by atoms with van der Waals surface area (Å²) < 4.78 is 48.2. The van der Waals surface area contributed by atoms with Crippen molar-refractivity contribution >= 4 is 54.6 Å². The normalized spacial score (nSPS) is 26.9. The molecule has 2 aromatic carbocycles. The van der Waals surface area contributed by atoms with Crippen molar-refractivity contribution < 1.29 is 17.6 Å². The fourth-order valence-corrected chi connectivity index (χ4v) is 12.6. The summed E-state index contributed by atoms with van der Waals surface area (Å²) in [5.41, 5.74) is 0.782. The lowest BCUT2D eigenvalue weighted by atomic mass is 9.69. The van der Waals surface area contributed by atoms with Gasteiger partial charge in [-0.05, 0) is 103 Å². The van der Waals surface area contributed by atoms with E-state index in [1.54, 1.807) is 36.5 Å². The van der Waals surface area contributed by atoms with Crippen molar-refractivity contribution in [2.45, 2.75) is 115 Å². The van der Waals surface area contributed by atoms with Crippen LogP contribution in [0.15, 0.2) is 59.1 Å². The maximum atomic E-state index is 16.1. The second kappa shape index (κ2) is 16.0. The second-order valence-corrected chi connectivity index (χ2v) is 20.5. The molecule has 54 heavy (non-hydrogen) atoms. The van der Waals surface area contributed by atoms with Crippen molar-refractivity contribution in [3.8, 4) is 5.69 Å². The molecule has 0 bridgehead atoms. The second-order valence-electron chi connectivity index (χ2n) is 17.0. The third kappa shape index (κ3) is 8.03. The number of sulfonamides is 1. The Kier molecular flexibility index (Phi) is 11.6. The molecule has 7 rings (SSSR count). The average Bonchev–Trinajstić information content (AvgIpc) is 3.86. The molecular weight excluding hydrogens is 741 g/mol. The number of amides is 1. The van der Waals surface area contributed by atoms with Crippen LogP contribution >= 0.6 is 22.9 Å².